The number of rotatable bonds is 2. The minimum atomic E-state index is 0.689. The van der Waals surface area contributed by atoms with Crippen molar-refractivity contribution in [2.45, 2.75) is 13.3 Å². The Hall–Kier alpha value is -0.950. The van der Waals surface area contributed by atoms with E-state index in [0.29, 0.717) is 5.88 Å². The first-order valence-corrected chi connectivity index (χ1v) is 5.38. The zero-order chi connectivity index (χ0) is 10.1. The fourth-order valence-corrected chi connectivity index (χ4v) is 2.20. The second-order valence-electron chi connectivity index (χ2n) is 3.58. The molecule has 0 N–H and O–H groups in total. The van der Waals surface area contributed by atoms with E-state index in [9.17, 15) is 0 Å². The molecule has 2 aromatic rings. The number of halogens is 1. The number of alkyl halides is 1. The largest absolute Gasteiger partial charge is 0.348 e. The first-order chi connectivity index (χ1) is 6.75. The van der Waals surface area contributed by atoms with E-state index < -0.39 is 0 Å². The van der Waals surface area contributed by atoms with Crippen molar-refractivity contribution in [1.29, 1.82) is 0 Å². The topological polar surface area (TPSA) is 4.93 Å². The Kier molecular flexibility index (Phi) is 2.51. The van der Waals surface area contributed by atoms with Gasteiger partial charge in [0.05, 0.1) is 0 Å². The Labute approximate surface area is 89.3 Å². The highest BCUT2D eigenvalue weighted by atomic mass is 35.5. The van der Waals surface area contributed by atoms with Gasteiger partial charge in [-0.3, -0.25) is 0 Å². The van der Waals surface area contributed by atoms with Crippen molar-refractivity contribution in [3.8, 4) is 0 Å². The molecule has 1 aromatic carbocycles. The molecule has 0 saturated heterocycles. The molecule has 0 aliphatic carbocycles. The summed E-state index contributed by atoms with van der Waals surface area (Å²) in [6, 6.07) is 8.48. The van der Waals surface area contributed by atoms with Gasteiger partial charge < -0.3 is 4.57 Å². The van der Waals surface area contributed by atoms with Crippen molar-refractivity contribution < 1.29 is 0 Å². The monoisotopic (exact) mass is 207 g/mol. The summed E-state index contributed by atoms with van der Waals surface area (Å²) >= 11 is 5.81. The Balaban J connectivity index is 2.74. The number of para-hydroxylation sites is 1. The molecule has 1 nitrogen and oxygen atoms in total. The van der Waals surface area contributed by atoms with E-state index in [2.05, 4.69) is 42.8 Å². The Morgan fingerprint density at radius 3 is 2.71 bits per heavy atom. The summed E-state index contributed by atoms with van der Waals surface area (Å²) < 4.78 is 2.23. The second kappa shape index (κ2) is 3.66. The maximum absolute atomic E-state index is 5.81. The highest BCUT2D eigenvalue weighted by Crippen LogP contribution is 2.25. The molecule has 0 aliphatic rings. The van der Waals surface area contributed by atoms with Crippen molar-refractivity contribution >= 4 is 22.5 Å². The van der Waals surface area contributed by atoms with Crippen LogP contribution in [0.25, 0.3) is 10.9 Å². The summed E-state index contributed by atoms with van der Waals surface area (Å²) in [4.78, 5) is 0. The highest BCUT2D eigenvalue weighted by Gasteiger charge is 2.09. The van der Waals surface area contributed by atoms with E-state index in [0.717, 1.165) is 6.42 Å². The van der Waals surface area contributed by atoms with Crippen LogP contribution in [0.15, 0.2) is 24.3 Å². The van der Waals surface area contributed by atoms with Gasteiger partial charge in [-0.25, -0.2) is 0 Å². The predicted molar refractivity (Wildman–Crippen MR) is 62.1 cm³/mol. The lowest BCUT2D eigenvalue weighted by molar-refractivity contribution is 0.900. The lowest BCUT2D eigenvalue weighted by Gasteiger charge is -1.99. The minimum Gasteiger partial charge on any atom is -0.348 e. The molecule has 74 valence electrons. The molecule has 0 fully saturated rings. The summed E-state index contributed by atoms with van der Waals surface area (Å²) in [5.41, 5.74) is 4.01. The van der Waals surface area contributed by atoms with Crippen LogP contribution in [0.1, 0.15) is 11.3 Å². The quantitative estimate of drug-likeness (QED) is 0.667. The number of hydrogen-bond donors (Lipinski definition) is 0. The number of aromatic nitrogens is 1. The van der Waals surface area contributed by atoms with Crippen LogP contribution in [0.3, 0.4) is 0 Å². The molecule has 2 rings (SSSR count). The normalized spacial score (nSPS) is 11.1. The fraction of sp³-hybridized carbons (Fsp3) is 0.333. The van der Waals surface area contributed by atoms with Crippen LogP contribution >= 0.6 is 11.6 Å². The Morgan fingerprint density at radius 1 is 1.29 bits per heavy atom. The Morgan fingerprint density at radius 2 is 2.00 bits per heavy atom. The predicted octanol–water partition coefficient (Wildman–Crippen LogP) is 3.27. The maximum Gasteiger partial charge on any atom is 0.0482 e. The average Bonchev–Trinajstić information content (AvgIpc) is 2.45. The lowest BCUT2D eigenvalue weighted by Crippen LogP contribution is -1.93. The van der Waals surface area contributed by atoms with Crippen molar-refractivity contribution in [2.24, 2.45) is 7.05 Å². The van der Waals surface area contributed by atoms with Crippen LogP contribution in [0.2, 0.25) is 0 Å². The van der Waals surface area contributed by atoms with Gasteiger partial charge >= 0.3 is 0 Å². The standard InChI is InChI=1S/C12H14ClN/c1-9-10(7-8-13)11-5-3-4-6-12(11)14(9)2/h3-6H,7-8H2,1-2H3. The minimum absolute atomic E-state index is 0.689. The molecule has 0 spiro atoms. The number of aryl methyl sites for hydroxylation is 2. The molecule has 0 aliphatic heterocycles. The first kappa shape index (κ1) is 9.60. The summed E-state index contributed by atoms with van der Waals surface area (Å²) in [5.74, 6) is 0.689. The molecule has 0 amide bonds. The van der Waals surface area contributed by atoms with Gasteiger partial charge in [-0.05, 0) is 25.0 Å². The maximum atomic E-state index is 5.81. The van der Waals surface area contributed by atoms with Crippen LogP contribution in [-0.2, 0) is 13.5 Å². The van der Waals surface area contributed by atoms with E-state index >= 15 is 0 Å². The zero-order valence-corrected chi connectivity index (χ0v) is 9.30. The van der Waals surface area contributed by atoms with Gasteiger partial charge in [-0.15, -0.1) is 11.6 Å². The molecule has 0 radical (unpaired) electrons. The van der Waals surface area contributed by atoms with Crippen molar-refractivity contribution in [3.63, 3.8) is 0 Å². The average molecular weight is 208 g/mol. The third-order valence-corrected chi connectivity index (χ3v) is 3.06. The SMILES string of the molecule is Cc1c(CCCl)c2ccccc2n1C. The fourth-order valence-electron chi connectivity index (χ4n) is 2.01. The van der Waals surface area contributed by atoms with Gasteiger partial charge in [0, 0.05) is 29.5 Å². The molecule has 2 heteroatoms. The molecule has 0 saturated carbocycles. The third-order valence-electron chi connectivity index (χ3n) is 2.87. The highest BCUT2D eigenvalue weighted by molar-refractivity contribution is 6.18. The second-order valence-corrected chi connectivity index (χ2v) is 3.96. The summed E-state index contributed by atoms with van der Waals surface area (Å²) in [7, 11) is 2.11. The van der Waals surface area contributed by atoms with Gasteiger partial charge in [0.1, 0.15) is 0 Å². The molecule has 1 heterocycles. The molecular formula is C12H14ClN. The van der Waals surface area contributed by atoms with E-state index in [1.807, 2.05) is 0 Å². The van der Waals surface area contributed by atoms with Crippen LogP contribution in [0.5, 0.6) is 0 Å². The van der Waals surface area contributed by atoms with E-state index in [1.165, 1.54) is 22.2 Å². The smallest absolute Gasteiger partial charge is 0.0482 e. The first-order valence-electron chi connectivity index (χ1n) is 4.84. The van der Waals surface area contributed by atoms with E-state index in [1.54, 1.807) is 0 Å². The van der Waals surface area contributed by atoms with Gasteiger partial charge in [0.2, 0.25) is 0 Å². The number of nitrogens with zero attached hydrogens (tertiary/aromatic N) is 1. The summed E-state index contributed by atoms with van der Waals surface area (Å²) in [6.45, 7) is 2.15. The van der Waals surface area contributed by atoms with Crippen LogP contribution in [0, 0.1) is 6.92 Å². The van der Waals surface area contributed by atoms with Crippen molar-refractivity contribution in [2.75, 3.05) is 5.88 Å². The van der Waals surface area contributed by atoms with Crippen molar-refractivity contribution in [3.05, 3.63) is 35.5 Å². The number of hydrogen-bond acceptors (Lipinski definition) is 0. The number of benzene rings is 1. The van der Waals surface area contributed by atoms with Crippen LogP contribution in [0.4, 0.5) is 0 Å². The molecule has 14 heavy (non-hydrogen) atoms. The molecular weight excluding hydrogens is 194 g/mol. The van der Waals surface area contributed by atoms with Crippen molar-refractivity contribution in [1.82, 2.24) is 4.57 Å². The molecule has 0 unspecified atom stereocenters. The Bertz CT molecular complexity index is 457. The zero-order valence-electron chi connectivity index (χ0n) is 8.55. The summed E-state index contributed by atoms with van der Waals surface area (Å²) in [6.07, 6.45) is 0.953. The van der Waals surface area contributed by atoms with Gasteiger partial charge in [0.15, 0.2) is 0 Å². The van der Waals surface area contributed by atoms with Crippen LogP contribution < -0.4 is 0 Å². The molecule has 1 aromatic heterocycles. The third kappa shape index (κ3) is 1.32. The molecule has 0 bridgehead atoms. The van der Waals surface area contributed by atoms with E-state index in [4.69, 9.17) is 11.6 Å². The lowest BCUT2D eigenvalue weighted by atomic mass is 10.1. The van der Waals surface area contributed by atoms with Crippen LogP contribution in [-0.4, -0.2) is 10.4 Å². The van der Waals surface area contributed by atoms with Gasteiger partial charge in [-0.2, -0.15) is 0 Å². The molecule has 0 atom stereocenters. The van der Waals surface area contributed by atoms with E-state index in [-0.39, 0.29) is 0 Å². The number of fused-ring (bicyclic) bond motifs is 1. The summed E-state index contributed by atoms with van der Waals surface area (Å²) in [5, 5.41) is 1.34. The van der Waals surface area contributed by atoms with Gasteiger partial charge in [0.25, 0.3) is 0 Å². The van der Waals surface area contributed by atoms with Gasteiger partial charge in [-0.1, -0.05) is 18.2 Å².